The molecule has 1 saturated heterocycles. The van der Waals surface area contributed by atoms with Crippen molar-refractivity contribution in [2.24, 2.45) is 0 Å². The van der Waals surface area contributed by atoms with Crippen LogP contribution < -0.4 is 10.1 Å². The first-order valence-electron chi connectivity index (χ1n) is 12.6. The van der Waals surface area contributed by atoms with Gasteiger partial charge in [0.25, 0.3) is 6.47 Å². The van der Waals surface area contributed by atoms with Crippen molar-refractivity contribution in [3.63, 3.8) is 0 Å². The number of methoxy groups -OCH3 is 1. The SMILES string of the molecule is COC(C)(C)CCOC(C)(C)CCNC(O)c1cc(COC=O)ccc1O[C@@H]1O[C@H](C(=O)O)[C@@H](O)[C@H](O)[C@H]1O. The first kappa shape index (κ1) is 32.8. The lowest BCUT2D eigenvalue weighted by Crippen LogP contribution is -2.61. The van der Waals surface area contributed by atoms with Crippen LogP contribution in [0, 0.1) is 0 Å². The molecular formula is C26H41NO12. The van der Waals surface area contributed by atoms with E-state index < -0.39 is 48.5 Å². The van der Waals surface area contributed by atoms with Crippen LogP contribution in [-0.2, 0) is 35.1 Å². The van der Waals surface area contributed by atoms with Crippen molar-refractivity contribution in [3.8, 4) is 5.75 Å². The maximum Gasteiger partial charge on any atom is 0.335 e. The van der Waals surface area contributed by atoms with Crippen molar-refractivity contribution < 1.29 is 58.8 Å². The molecule has 39 heavy (non-hydrogen) atoms. The zero-order valence-electron chi connectivity index (χ0n) is 22.9. The molecule has 0 amide bonds. The number of aliphatic hydroxyl groups excluding tert-OH is 4. The summed E-state index contributed by atoms with van der Waals surface area (Å²) >= 11 is 0. The Morgan fingerprint density at radius 2 is 1.79 bits per heavy atom. The molecule has 0 aromatic heterocycles. The van der Waals surface area contributed by atoms with Crippen LogP contribution >= 0.6 is 0 Å². The average molecular weight is 560 g/mol. The minimum absolute atomic E-state index is 0.000983. The van der Waals surface area contributed by atoms with E-state index in [1.165, 1.54) is 18.2 Å². The molecule has 0 bridgehead atoms. The minimum Gasteiger partial charge on any atom is -0.479 e. The van der Waals surface area contributed by atoms with E-state index in [9.17, 15) is 35.1 Å². The Morgan fingerprint density at radius 3 is 2.41 bits per heavy atom. The number of aliphatic hydroxyl groups is 4. The van der Waals surface area contributed by atoms with Crippen LogP contribution in [0.25, 0.3) is 0 Å². The Bertz CT molecular complexity index is 940. The summed E-state index contributed by atoms with van der Waals surface area (Å²) in [5, 5.41) is 53.5. The zero-order chi connectivity index (χ0) is 29.4. The summed E-state index contributed by atoms with van der Waals surface area (Å²) in [5.41, 5.74) is -0.142. The molecule has 1 unspecified atom stereocenters. The van der Waals surface area contributed by atoms with Gasteiger partial charge in [0.05, 0.1) is 17.8 Å². The third kappa shape index (κ3) is 9.65. The average Bonchev–Trinajstić information content (AvgIpc) is 2.87. The first-order chi connectivity index (χ1) is 18.2. The van der Waals surface area contributed by atoms with Crippen LogP contribution in [0.5, 0.6) is 5.75 Å². The topological polar surface area (TPSA) is 193 Å². The Labute approximate surface area is 227 Å². The van der Waals surface area contributed by atoms with Gasteiger partial charge in [-0.1, -0.05) is 6.07 Å². The molecule has 0 aliphatic carbocycles. The number of aliphatic carboxylic acids is 1. The predicted octanol–water partition coefficient (Wildman–Crippen LogP) is 0.212. The third-order valence-corrected chi connectivity index (χ3v) is 6.56. The quantitative estimate of drug-likeness (QED) is 0.119. The maximum absolute atomic E-state index is 11.4. The van der Waals surface area contributed by atoms with Gasteiger partial charge in [-0.15, -0.1) is 0 Å². The molecule has 6 N–H and O–H groups in total. The molecule has 0 saturated carbocycles. The van der Waals surface area contributed by atoms with E-state index in [2.05, 4.69) is 5.32 Å². The number of carbonyl (C=O) groups excluding carboxylic acids is 1. The summed E-state index contributed by atoms with van der Waals surface area (Å²) in [6, 6.07) is 4.44. The van der Waals surface area contributed by atoms with Crippen LogP contribution in [-0.4, -0.2) is 100 Å². The highest BCUT2D eigenvalue weighted by atomic mass is 16.7. The second kappa shape index (κ2) is 14.3. The normalized spacial score (nSPS) is 24.7. The fraction of sp³-hybridized carbons (Fsp3) is 0.692. The third-order valence-electron chi connectivity index (χ3n) is 6.56. The number of hydrogen-bond acceptors (Lipinski definition) is 12. The Hall–Kier alpha value is -2.36. The highest BCUT2D eigenvalue weighted by Crippen LogP contribution is 2.31. The van der Waals surface area contributed by atoms with E-state index in [0.717, 1.165) is 0 Å². The molecule has 13 heteroatoms. The molecule has 1 aliphatic rings. The molecule has 1 fully saturated rings. The zero-order valence-corrected chi connectivity index (χ0v) is 22.9. The highest BCUT2D eigenvalue weighted by molar-refractivity contribution is 5.73. The second-order valence-corrected chi connectivity index (χ2v) is 10.6. The van der Waals surface area contributed by atoms with Gasteiger partial charge < -0.3 is 49.2 Å². The van der Waals surface area contributed by atoms with Gasteiger partial charge in [0.15, 0.2) is 6.10 Å². The lowest BCUT2D eigenvalue weighted by Gasteiger charge is -2.38. The van der Waals surface area contributed by atoms with Gasteiger partial charge in [-0.25, -0.2) is 4.79 Å². The molecule has 1 heterocycles. The van der Waals surface area contributed by atoms with Crippen molar-refractivity contribution in [2.45, 2.75) is 95.3 Å². The fourth-order valence-corrected chi connectivity index (χ4v) is 3.78. The summed E-state index contributed by atoms with van der Waals surface area (Å²) in [4.78, 5) is 22.0. The molecule has 1 aliphatic heterocycles. The number of benzene rings is 1. The van der Waals surface area contributed by atoms with E-state index in [-0.39, 0.29) is 30.0 Å². The van der Waals surface area contributed by atoms with Crippen LogP contribution in [0.1, 0.15) is 57.9 Å². The molecule has 1 aromatic rings. The monoisotopic (exact) mass is 559 g/mol. The summed E-state index contributed by atoms with van der Waals surface area (Å²) in [6.45, 7) is 8.78. The van der Waals surface area contributed by atoms with Crippen molar-refractivity contribution in [2.75, 3.05) is 20.3 Å². The first-order valence-corrected chi connectivity index (χ1v) is 12.6. The molecule has 222 valence electrons. The van der Waals surface area contributed by atoms with Crippen LogP contribution in [0.2, 0.25) is 0 Å². The number of carbonyl (C=O) groups is 2. The van der Waals surface area contributed by atoms with Crippen LogP contribution in [0.15, 0.2) is 18.2 Å². The van der Waals surface area contributed by atoms with Crippen molar-refractivity contribution in [1.82, 2.24) is 5.32 Å². The highest BCUT2D eigenvalue weighted by Gasteiger charge is 2.48. The van der Waals surface area contributed by atoms with Crippen LogP contribution in [0.3, 0.4) is 0 Å². The van der Waals surface area contributed by atoms with Gasteiger partial charge in [-0.2, -0.15) is 0 Å². The van der Waals surface area contributed by atoms with Crippen molar-refractivity contribution in [3.05, 3.63) is 29.3 Å². The van der Waals surface area contributed by atoms with Crippen LogP contribution in [0.4, 0.5) is 0 Å². The van der Waals surface area contributed by atoms with Crippen molar-refractivity contribution in [1.29, 1.82) is 0 Å². The van der Waals surface area contributed by atoms with Gasteiger partial charge in [0.1, 0.15) is 36.9 Å². The minimum atomic E-state index is -1.88. The van der Waals surface area contributed by atoms with Gasteiger partial charge >= 0.3 is 5.97 Å². The van der Waals surface area contributed by atoms with E-state index >= 15 is 0 Å². The standard InChI is InChI=1S/C26H41NO12/c1-25(2,35-5)9-11-37-26(3,4)8-10-27-22(32)16-12-15(13-36-14-28)6-7-17(16)38-24-20(31)18(29)19(30)21(39-24)23(33)34/h6-7,12,14,18-22,24,27,29-32H,8-11,13H2,1-5H3,(H,33,34)/t18-,19-,20+,21-,22?,24+/m0/s1. The van der Waals surface area contributed by atoms with Gasteiger partial charge in [-0.05, 0) is 58.2 Å². The predicted molar refractivity (Wildman–Crippen MR) is 136 cm³/mol. The number of ether oxygens (including phenoxy) is 5. The summed E-state index contributed by atoms with van der Waals surface area (Å²) < 4.78 is 27.0. The van der Waals surface area contributed by atoms with E-state index in [1.54, 1.807) is 7.11 Å². The Kier molecular flexibility index (Phi) is 12.1. The molecule has 6 atom stereocenters. The Balaban J connectivity index is 2.13. The largest absolute Gasteiger partial charge is 0.479 e. The smallest absolute Gasteiger partial charge is 0.335 e. The van der Waals surface area contributed by atoms with Gasteiger partial charge in [-0.3, -0.25) is 10.1 Å². The number of hydrogen-bond donors (Lipinski definition) is 6. The van der Waals surface area contributed by atoms with Gasteiger partial charge in [0, 0.05) is 19.2 Å². The summed E-state index contributed by atoms with van der Waals surface area (Å²) in [7, 11) is 1.64. The summed E-state index contributed by atoms with van der Waals surface area (Å²) in [5.74, 6) is -1.56. The molecule has 13 nitrogen and oxygen atoms in total. The van der Waals surface area contributed by atoms with Gasteiger partial charge in [0.2, 0.25) is 6.29 Å². The molecule has 2 rings (SSSR count). The lowest BCUT2D eigenvalue weighted by molar-refractivity contribution is -0.271. The lowest BCUT2D eigenvalue weighted by atomic mass is 9.99. The fourth-order valence-electron chi connectivity index (χ4n) is 3.78. The Morgan fingerprint density at radius 1 is 1.10 bits per heavy atom. The number of carboxylic acid groups (broad SMARTS) is 1. The summed E-state index contributed by atoms with van der Waals surface area (Å²) in [6.07, 6.45) is -9.11. The number of rotatable bonds is 16. The number of nitrogens with one attached hydrogen (secondary N) is 1. The molecule has 0 spiro atoms. The maximum atomic E-state index is 11.4. The molecule has 1 aromatic carbocycles. The van der Waals surface area contributed by atoms with E-state index in [0.29, 0.717) is 31.6 Å². The second-order valence-electron chi connectivity index (χ2n) is 10.6. The van der Waals surface area contributed by atoms with E-state index in [1.807, 2.05) is 27.7 Å². The molecule has 0 radical (unpaired) electrons. The van der Waals surface area contributed by atoms with Crippen molar-refractivity contribution >= 4 is 12.4 Å². The number of carboxylic acids is 1. The van der Waals surface area contributed by atoms with E-state index in [4.69, 9.17) is 23.7 Å². The molecular weight excluding hydrogens is 518 g/mol.